The normalized spacial score (nSPS) is 21.9. The third-order valence-electron chi connectivity index (χ3n) is 4.00. The lowest BCUT2D eigenvalue weighted by Crippen LogP contribution is -2.39. The fourth-order valence-electron chi connectivity index (χ4n) is 2.72. The van der Waals surface area contributed by atoms with Gasteiger partial charge in [0.05, 0.1) is 12.3 Å². The minimum atomic E-state index is 0.313. The molecule has 4 nitrogen and oxygen atoms in total. The molecule has 0 aromatic carbocycles. The molecule has 0 saturated heterocycles. The second kappa shape index (κ2) is 5.68. The Bertz CT molecular complexity index is 431. The predicted octanol–water partition coefficient (Wildman–Crippen LogP) is 3.44. The smallest absolute Gasteiger partial charge is 0.239 e. The van der Waals surface area contributed by atoms with Gasteiger partial charge >= 0.3 is 0 Å². The monoisotopic (exact) mass is 263 g/mol. The summed E-state index contributed by atoms with van der Waals surface area (Å²) in [5, 5.41) is 3.55. The van der Waals surface area contributed by atoms with Gasteiger partial charge in [-0.15, -0.1) is 0 Å². The van der Waals surface area contributed by atoms with Crippen LogP contribution in [0.2, 0.25) is 0 Å². The van der Waals surface area contributed by atoms with Crippen molar-refractivity contribution < 1.29 is 4.74 Å². The highest BCUT2D eigenvalue weighted by atomic mass is 16.5. The van der Waals surface area contributed by atoms with Crippen molar-refractivity contribution in [3.05, 3.63) is 12.1 Å². The first-order valence-electron chi connectivity index (χ1n) is 7.19. The van der Waals surface area contributed by atoms with Gasteiger partial charge in [0.25, 0.3) is 0 Å². The van der Waals surface area contributed by atoms with E-state index in [-0.39, 0.29) is 0 Å². The van der Waals surface area contributed by atoms with Gasteiger partial charge in [-0.1, -0.05) is 26.7 Å². The highest BCUT2D eigenvalue weighted by Gasteiger charge is 2.32. The lowest BCUT2D eigenvalue weighted by Gasteiger charge is -2.39. The van der Waals surface area contributed by atoms with E-state index in [9.17, 15) is 0 Å². The van der Waals surface area contributed by atoms with Gasteiger partial charge in [-0.3, -0.25) is 0 Å². The van der Waals surface area contributed by atoms with E-state index in [0.717, 1.165) is 5.82 Å². The van der Waals surface area contributed by atoms with Crippen LogP contribution in [0.1, 0.15) is 46.5 Å². The average molecular weight is 263 g/mol. The Balaban J connectivity index is 2.12. The molecular weight excluding hydrogens is 238 g/mol. The molecule has 1 unspecified atom stereocenters. The second-order valence-electron chi connectivity index (χ2n) is 5.96. The van der Waals surface area contributed by atoms with Gasteiger partial charge < -0.3 is 15.8 Å². The fraction of sp³-hybridized carbons (Fsp3) is 0.667. The molecule has 3 N–H and O–H groups in total. The van der Waals surface area contributed by atoms with Gasteiger partial charge in [0.15, 0.2) is 0 Å². The summed E-state index contributed by atoms with van der Waals surface area (Å²) in [6, 6.07) is 4.26. The van der Waals surface area contributed by atoms with E-state index in [1.807, 2.05) is 19.1 Å². The van der Waals surface area contributed by atoms with Crippen molar-refractivity contribution in [2.45, 2.75) is 52.5 Å². The van der Waals surface area contributed by atoms with Gasteiger partial charge in [0, 0.05) is 6.04 Å². The topological polar surface area (TPSA) is 60.2 Å². The number of nitrogens with two attached hydrogens (primary N) is 1. The molecule has 1 fully saturated rings. The number of nitrogens with zero attached hydrogens (tertiary/aromatic N) is 1. The molecule has 19 heavy (non-hydrogen) atoms. The van der Waals surface area contributed by atoms with Crippen LogP contribution in [-0.2, 0) is 0 Å². The van der Waals surface area contributed by atoms with E-state index in [1.54, 1.807) is 0 Å². The van der Waals surface area contributed by atoms with Crippen molar-refractivity contribution in [2.75, 3.05) is 17.7 Å². The minimum absolute atomic E-state index is 0.313. The zero-order chi connectivity index (χ0) is 13.9. The standard InChI is InChI=1S/C15H25N3O/c1-4-19-14-11(16)8-9-13(18-14)17-12-7-5-6-10-15(12,2)3/h8-9,12H,4-7,10,16H2,1-3H3,(H,17,18). The first kappa shape index (κ1) is 14.0. The van der Waals surface area contributed by atoms with Crippen molar-refractivity contribution in [3.8, 4) is 5.88 Å². The molecule has 2 rings (SSSR count). The predicted molar refractivity (Wildman–Crippen MR) is 79.5 cm³/mol. The number of ether oxygens (including phenoxy) is 1. The largest absolute Gasteiger partial charge is 0.476 e. The molecular formula is C15H25N3O. The molecule has 1 aliphatic rings. The maximum Gasteiger partial charge on any atom is 0.239 e. The quantitative estimate of drug-likeness (QED) is 0.873. The van der Waals surface area contributed by atoms with E-state index in [4.69, 9.17) is 10.5 Å². The Kier molecular flexibility index (Phi) is 4.17. The zero-order valence-corrected chi connectivity index (χ0v) is 12.2. The SMILES string of the molecule is CCOc1nc(NC2CCCCC2(C)C)ccc1N. The molecule has 1 aromatic rings. The van der Waals surface area contributed by atoms with Crippen LogP contribution < -0.4 is 15.8 Å². The van der Waals surface area contributed by atoms with Crippen molar-refractivity contribution >= 4 is 11.5 Å². The zero-order valence-electron chi connectivity index (χ0n) is 12.2. The third-order valence-corrected chi connectivity index (χ3v) is 4.00. The molecule has 1 aromatic heterocycles. The lowest BCUT2D eigenvalue weighted by molar-refractivity contribution is 0.216. The van der Waals surface area contributed by atoms with Gasteiger partial charge in [-0.25, -0.2) is 0 Å². The van der Waals surface area contributed by atoms with Crippen LogP contribution in [0, 0.1) is 5.41 Å². The molecule has 1 aliphatic carbocycles. The van der Waals surface area contributed by atoms with E-state index in [0.29, 0.717) is 29.6 Å². The number of hydrogen-bond acceptors (Lipinski definition) is 4. The lowest BCUT2D eigenvalue weighted by atomic mass is 9.73. The van der Waals surface area contributed by atoms with E-state index in [2.05, 4.69) is 24.1 Å². The first-order valence-corrected chi connectivity index (χ1v) is 7.19. The summed E-state index contributed by atoms with van der Waals surface area (Å²) in [6.07, 6.45) is 5.07. The summed E-state index contributed by atoms with van der Waals surface area (Å²) in [5.74, 6) is 1.39. The summed E-state index contributed by atoms with van der Waals surface area (Å²) in [6.45, 7) is 7.16. The molecule has 1 saturated carbocycles. The third kappa shape index (κ3) is 3.31. The summed E-state index contributed by atoms with van der Waals surface area (Å²) >= 11 is 0. The highest BCUT2D eigenvalue weighted by molar-refractivity contribution is 5.54. The van der Waals surface area contributed by atoms with Crippen molar-refractivity contribution in [1.29, 1.82) is 0 Å². The van der Waals surface area contributed by atoms with Crippen LogP contribution >= 0.6 is 0 Å². The molecule has 0 radical (unpaired) electrons. The van der Waals surface area contributed by atoms with Gasteiger partial charge in [-0.2, -0.15) is 4.98 Å². The molecule has 1 atom stereocenters. The van der Waals surface area contributed by atoms with Crippen LogP contribution in [0.25, 0.3) is 0 Å². The number of nitrogens with one attached hydrogen (secondary N) is 1. The summed E-state index contributed by atoms with van der Waals surface area (Å²) < 4.78 is 5.44. The Morgan fingerprint density at radius 1 is 1.42 bits per heavy atom. The molecule has 1 heterocycles. The summed E-state index contributed by atoms with van der Waals surface area (Å²) in [4.78, 5) is 4.46. The highest BCUT2D eigenvalue weighted by Crippen LogP contribution is 2.37. The molecule has 0 bridgehead atoms. The van der Waals surface area contributed by atoms with Crippen LogP contribution in [0.3, 0.4) is 0 Å². The molecule has 106 valence electrons. The van der Waals surface area contributed by atoms with E-state index in [1.165, 1.54) is 25.7 Å². The van der Waals surface area contributed by atoms with E-state index < -0.39 is 0 Å². The minimum Gasteiger partial charge on any atom is -0.476 e. The Labute approximate surface area is 115 Å². The number of nitrogen functional groups attached to an aromatic ring is 1. The van der Waals surface area contributed by atoms with Crippen molar-refractivity contribution in [2.24, 2.45) is 5.41 Å². The van der Waals surface area contributed by atoms with Crippen molar-refractivity contribution in [3.63, 3.8) is 0 Å². The molecule has 4 heteroatoms. The maximum atomic E-state index is 5.85. The summed E-state index contributed by atoms with van der Waals surface area (Å²) in [7, 11) is 0. The van der Waals surface area contributed by atoms with Gasteiger partial charge in [0.2, 0.25) is 5.88 Å². The van der Waals surface area contributed by atoms with Gasteiger partial charge in [-0.05, 0) is 37.3 Å². The van der Waals surface area contributed by atoms with Gasteiger partial charge in [0.1, 0.15) is 5.82 Å². The van der Waals surface area contributed by atoms with E-state index >= 15 is 0 Å². The first-order chi connectivity index (χ1) is 9.03. The number of pyridine rings is 1. The molecule has 0 spiro atoms. The number of rotatable bonds is 4. The van der Waals surface area contributed by atoms with Crippen LogP contribution in [-0.4, -0.2) is 17.6 Å². The maximum absolute atomic E-state index is 5.85. The fourth-order valence-corrected chi connectivity index (χ4v) is 2.72. The number of hydrogen-bond donors (Lipinski definition) is 2. The Morgan fingerprint density at radius 2 is 2.21 bits per heavy atom. The number of anilines is 2. The number of aromatic nitrogens is 1. The average Bonchev–Trinajstić information content (AvgIpc) is 2.36. The van der Waals surface area contributed by atoms with Crippen LogP contribution in [0.4, 0.5) is 11.5 Å². The molecule has 0 aliphatic heterocycles. The summed E-state index contributed by atoms with van der Waals surface area (Å²) in [5.41, 5.74) is 6.75. The Hall–Kier alpha value is -1.45. The van der Waals surface area contributed by atoms with Crippen LogP contribution in [0.15, 0.2) is 12.1 Å². The van der Waals surface area contributed by atoms with Crippen LogP contribution in [0.5, 0.6) is 5.88 Å². The Morgan fingerprint density at radius 3 is 2.89 bits per heavy atom. The second-order valence-corrected chi connectivity index (χ2v) is 5.96. The molecule has 0 amide bonds. The van der Waals surface area contributed by atoms with Crippen molar-refractivity contribution in [1.82, 2.24) is 4.98 Å².